The molecule has 0 heterocycles. The summed E-state index contributed by atoms with van der Waals surface area (Å²) in [6.45, 7) is 6.95. The van der Waals surface area contributed by atoms with Gasteiger partial charge in [-0.05, 0) is 61.1 Å². The predicted molar refractivity (Wildman–Crippen MR) is 90.8 cm³/mol. The van der Waals surface area contributed by atoms with Gasteiger partial charge in [0.15, 0.2) is 0 Å². The van der Waals surface area contributed by atoms with Crippen LogP contribution in [0, 0.1) is 17.2 Å². The van der Waals surface area contributed by atoms with E-state index in [1.807, 2.05) is 12.1 Å². The summed E-state index contributed by atoms with van der Waals surface area (Å²) in [6, 6.07) is 5.30. The fourth-order valence-corrected chi connectivity index (χ4v) is 3.85. The van der Waals surface area contributed by atoms with E-state index in [0.717, 1.165) is 41.6 Å². The highest BCUT2D eigenvalue weighted by atomic mass is 79.9. The second-order valence-electron chi connectivity index (χ2n) is 7.77. The molecule has 0 bridgehead atoms. The molecule has 0 aromatic heterocycles. The second-order valence-corrected chi connectivity index (χ2v) is 8.68. The van der Waals surface area contributed by atoms with Crippen molar-refractivity contribution in [3.63, 3.8) is 0 Å². The van der Waals surface area contributed by atoms with Crippen LogP contribution >= 0.6 is 15.9 Å². The molecule has 2 N–H and O–H groups in total. The smallest absolute Gasteiger partial charge is 0.127 e. The van der Waals surface area contributed by atoms with Gasteiger partial charge >= 0.3 is 0 Å². The van der Waals surface area contributed by atoms with Crippen molar-refractivity contribution >= 4 is 15.9 Å². The fraction of sp³-hybridized carbons (Fsp3) is 0.667. The third kappa shape index (κ3) is 4.53. The Kier molecular flexibility index (Phi) is 5.15. The highest BCUT2D eigenvalue weighted by Crippen LogP contribution is 2.40. The predicted octanol–water partition coefficient (Wildman–Crippen LogP) is 5.45. The zero-order chi connectivity index (χ0) is 15.7. The van der Waals surface area contributed by atoms with Crippen LogP contribution in [0.15, 0.2) is 22.7 Å². The van der Waals surface area contributed by atoms with Crippen LogP contribution in [0.1, 0.15) is 58.4 Å². The number of halogens is 2. The molecule has 118 valence electrons. The third-order valence-electron chi connectivity index (χ3n) is 5.00. The maximum absolute atomic E-state index is 14.1. The highest BCUT2D eigenvalue weighted by molar-refractivity contribution is 9.10. The van der Waals surface area contributed by atoms with E-state index in [2.05, 4.69) is 36.7 Å². The van der Waals surface area contributed by atoms with E-state index in [4.69, 9.17) is 5.73 Å². The molecule has 21 heavy (non-hydrogen) atoms. The molecule has 1 fully saturated rings. The molecular formula is C18H27BrFN. The minimum absolute atomic E-state index is 0.147. The van der Waals surface area contributed by atoms with E-state index >= 15 is 0 Å². The van der Waals surface area contributed by atoms with E-state index in [-0.39, 0.29) is 11.4 Å². The molecule has 1 aliphatic carbocycles. The van der Waals surface area contributed by atoms with Crippen molar-refractivity contribution in [1.82, 2.24) is 0 Å². The first-order valence-corrected chi connectivity index (χ1v) is 8.72. The summed E-state index contributed by atoms with van der Waals surface area (Å²) in [7, 11) is 0. The van der Waals surface area contributed by atoms with Gasteiger partial charge in [-0.3, -0.25) is 0 Å². The maximum Gasteiger partial charge on any atom is 0.127 e. The van der Waals surface area contributed by atoms with Gasteiger partial charge in [0, 0.05) is 10.0 Å². The standard InChI is InChI=1S/C18H27BrFN/c1-17(2,3)14-5-4-9-18(21,10-8-14)12-13-6-7-15(19)11-16(13)20/h6-7,11,14H,4-5,8-10,12,21H2,1-3H3. The zero-order valence-corrected chi connectivity index (χ0v) is 15.0. The number of nitrogens with two attached hydrogens (primary N) is 1. The summed E-state index contributed by atoms with van der Waals surface area (Å²) < 4.78 is 14.8. The lowest BCUT2D eigenvalue weighted by Gasteiger charge is -2.31. The lowest BCUT2D eigenvalue weighted by Crippen LogP contribution is -2.42. The fourth-order valence-electron chi connectivity index (χ4n) is 3.52. The van der Waals surface area contributed by atoms with Gasteiger partial charge in [0.2, 0.25) is 0 Å². The van der Waals surface area contributed by atoms with Crippen LogP contribution in [0.3, 0.4) is 0 Å². The van der Waals surface area contributed by atoms with Crippen molar-refractivity contribution in [2.75, 3.05) is 0 Å². The molecular weight excluding hydrogens is 329 g/mol. The number of hydrogen-bond acceptors (Lipinski definition) is 1. The van der Waals surface area contributed by atoms with Crippen molar-refractivity contribution in [3.8, 4) is 0 Å². The average Bonchev–Trinajstić information content (AvgIpc) is 2.55. The first kappa shape index (κ1) is 17.0. The van der Waals surface area contributed by atoms with Crippen LogP contribution in [0.4, 0.5) is 4.39 Å². The summed E-state index contributed by atoms with van der Waals surface area (Å²) in [6.07, 6.45) is 6.17. The molecule has 0 saturated heterocycles. The lowest BCUT2D eigenvalue weighted by molar-refractivity contribution is 0.210. The zero-order valence-electron chi connectivity index (χ0n) is 13.4. The Bertz CT molecular complexity index is 494. The molecule has 1 aromatic carbocycles. The van der Waals surface area contributed by atoms with Gasteiger partial charge in [-0.15, -0.1) is 0 Å². The Morgan fingerprint density at radius 2 is 2.00 bits per heavy atom. The van der Waals surface area contributed by atoms with Crippen LogP contribution in [-0.4, -0.2) is 5.54 Å². The Morgan fingerprint density at radius 3 is 2.62 bits per heavy atom. The topological polar surface area (TPSA) is 26.0 Å². The summed E-state index contributed by atoms with van der Waals surface area (Å²) >= 11 is 3.31. The minimum Gasteiger partial charge on any atom is -0.325 e. The van der Waals surface area contributed by atoms with Crippen LogP contribution in [0.25, 0.3) is 0 Å². The van der Waals surface area contributed by atoms with Crippen LogP contribution in [-0.2, 0) is 6.42 Å². The Morgan fingerprint density at radius 1 is 1.29 bits per heavy atom. The molecule has 2 atom stereocenters. The van der Waals surface area contributed by atoms with Gasteiger partial charge < -0.3 is 5.73 Å². The van der Waals surface area contributed by atoms with Crippen LogP contribution in [0.5, 0.6) is 0 Å². The number of rotatable bonds is 2. The van der Waals surface area contributed by atoms with E-state index in [1.165, 1.54) is 12.5 Å². The molecule has 1 saturated carbocycles. The summed E-state index contributed by atoms with van der Waals surface area (Å²) in [4.78, 5) is 0. The van der Waals surface area contributed by atoms with Gasteiger partial charge in [0.25, 0.3) is 0 Å². The van der Waals surface area contributed by atoms with Gasteiger partial charge in [-0.25, -0.2) is 4.39 Å². The molecule has 0 amide bonds. The molecule has 0 spiro atoms. The maximum atomic E-state index is 14.1. The number of benzene rings is 1. The van der Waals surface area contributed by atoms with Crippen LogP contribution < -0.4 is 5.73 Å². The molecule has 0 radical (unpaired) electrons. The van der Waals surface area contributed by atoms with E-state index in [9.17, 15) is 4.39 Å². The Labute approximate surface area is 136 Å². The first-order valence-electron chi connectivity index (χ1n) is 7.92. The number of hydrogen-bond donors (Lipinski definition) is 1. The van der Waals surface area contributed by atoms with Gasteiger partial charge in [-0.1, -0.05) is 49.2 Å². The normalized spacial score (nSPS) is 27.4. The largest absolute Gasteiger partial charge is 0.325 e. The van der Waals surface area contributed by atoms with Crippen molar-refractivity contribution in [2.45, 2.75) is 64.8 Å². The second kappa shape index (κ2) is 6.37. The minimum atomic E-state index is -0.255. The van der Waals surface area contributed by atoms with Crippen molar-refractivity contribution in [2.24, 2.45) is 17.1 Å². The van der Waals surface area contributed by atoms with Gasteiger partial charge in [0.05, 0.1) is 0 Å². The SMILES string of the molecule is CC(C)(C)C1CCCC(N)(Cc2ccc(Br)cc2F)CC1. The highest BCUT2D eigenvalue weighted by Gasteiger charge is 2.34. The monoisotopic (exact) mass is 355 g/mol. The van der Waals surface area contributed by atoms with Crippen molar-refractivity contribution in [1.29, 1.82) is 0 Å². The Balaban J connectivity index is 2.08. The molecule has 3 heteroatoms. The molecule has 1 aliphatic rings. The summed E-state index contributed by atoms with van der Waals surface area (Å²) in [5, 5.41) is 0. The van der Waals surface area contributed by atoms with Crippen LogP contribution in [0.2, 0.25) is 0 Å². The van der Waals surface area contributed by atoms with Gasteiger partial charge in [0.1, 0.15) is 5.82 Å². The van der Waals surface area contributed by atoms with Gasteiger partial charge in [-0.2, -0.15) is 0 Å². The molecule has 2 unspecified atom stereocenters. The average molecular weight is 356 g/mol. The van der Waals surface area contributed by atoms with E-state index in [1.54, 1.807) is 0 Å². The molecule has 1 nitrogen and oxygen atoms in total. The quantitative estimate of drug-likeness (QED) is 0.700. The lowest BCUT2D eigenvalue weighted by atomic mass is 9.76. The molecule has 2 rings (SSSR count). The van der Waals surface area contributed by atoms with E-state index in [0.29, 0.717) is 11.8 Å². The van der Waals surface area contributed by atoms with Crippen molar-refractivity contribution < 1.29 is 4.39 Å². The molecule has 1 aromatic rings. The van der Waals surface area contributed by atoms with Crippen molar-refractivity contribution in [3.05, 3.63) is 34.1 Å². The first-order chi connectivity index (χ1) is 9.70. The van der Waals surface area contributed by atoms with E-state index < -0.39 is 0 Å². The third-order valence-corrected chi connectivity index (χ3v) is 5.49. The molecule has 0 aliphatic heterocycles. The summed E-state index contributed by atoms with van der Waals surface area (Å²) in [5.74, 6) is 0.573. The Hall–Kier alpha value is -0.410. The summed E-state index contributed by atoms with van der Waals surface area (Å²) in [5.41, 5.74) is 7.46.